The summed E-state index contributed by atoms with van der Waals surface area (Å²) in [5, 5.41) is 7.44. The highest BCUT2D eigenvalue weighted by Gasteiger charge is 2.28. The number of carbonyl (C=O) groups excluding carboxylic acids is 1. The molecule has 1 atom stereocenters. The minimum atomic E-state index is -0.365. The second kappa shape index (κ2) is 11.4. The Labute approximate surface area is 228 Å². The van der Waals surface area contributed by atoms with Gasteiger partial charge >= 0.3 is 0 Å². The van der Waals surface area contributed by atoms with E-state index >= 15 is 0 Å². The highest BCUT2D eigenvalue weighted by Crippen LogP contribution is 2.31. The average Bonchev–Trinajstić information content (AvgIpc) is 3.57. The molecule has 6 rings (SSSR count). The first-order valence-corrected chi connectivity index (χ1v) is 13.7. The number of aromatic nitrogens is 4. The van der Waals surface area contributed by atoms with Gasteiger partial charge < -0.3 is 14.8 Å². The molecule has 4 heterocycles. The maximum absolute atomic E-state index is 13.1. The van der Waals surface area contributed by atoms with Crippen LogP contribution in [0.25, 0.3) is 11.1 Å². The maximum Gasteiger partial charge on any atom is 0.296 e. The molecule has 0 saturated carbocycles. The van der Waals surface area contributed by atoms with Gasteiger partial charge in [-0.25, -0.2) is 14.6 Å². The number of nitrogens with one attached hydrogen (secondary N) is 1. The molecule has 1 amide bonds. The molecule has 2 aliphatic rings. The fourth-order valence-electron chi connectivity index (χ4n) is 5.46. The molecular weight excluding hydrogens is 490 g/mol. The number of anilines is 1. The van der Waals surface area contributed by atoms with Crippen molar-refractivity contribution in [3.63, 3.8) is 0 Å². The molecule has 0 aliphatic carbocycles. The molecule has 2 aromatic heterocycles. The van der Waals surface area contributed by atoms with Crippen LogP contribution in [0.3, 0.4) is 0 Å². The number of benzene rings is 2. The van der Waals surface area contributed by atoms with Crippen molar-refractivity contribution in [2.45, 2.75) is 45.1 Å². The zero-order chi connectivity index (χ0) is 26.6. The van der Waals surface area contributed by atoms with Crippen LogP contribution in [0.15, 0.2) is 66.9 Å². The second-order valence-electron chi connectivity index (χ2n) is 10.3. The van der Waals surface area contributed by atoms with Crippen molar-refractivity contribution in [1.82, 2.24) is 19.7 Å². The number of nitrogens with zero attached hydrogens (tertiary/aromatic N) is 4. The Bertz CT molecular complexity index is 1450. The van der Waals surface area contributed by atoms with E-state index in [0.29, 0.717) is 18.3 Å². The summed E-state index contributed by atoms with van der Waals surface area (Å²) in [6, 6.07) is 20.3. The van der Waals surface area contributed by atoms with Gasteiger partial charge in [-0.15, -0.1) is 5.10 Å². The van der Waals surface area contributed by atoms with Crippen molar-refractivity contribution in [3.8, 4) is 16.9 Å². The molecule has 2 aliphatic heterocycles. The van der Waals surface area contributed by atoms with Gasteiger partial charge in [0.05, 0.1) is 12.6 Å². The fourth-order valence-corrected chi connectivity index (χ4v) is 5.46. The summed E-state index contributed by atoms with van der Waals surface area (Å²) in [5.74, 6) is 2.60. The summed E-state index contributed by atoms with van der Waals surface area (Å²) < 4.78 is 13.4. The SMILES string of the molecule is Cc1ccc(OCCC2CCOCC2)cc1-c1ccnc(NC(=O)c2nc3n(n2)C(c2ccccc2)CC3)c1. The Balaban J connectivity index is 1.13. The van der Waals surface area contributed by atoms with Crippen LogP contribution in [0.2, 0.25) is 0 Å². The van der Waals surface area contributed by atoms with E-state index in [2.05, 4.69) is 51.6 Å². The molecule has 1 N–H and O–H groups in total. The van der Waals surface area contributed by atoms with Crippen LogP contribution < -0.4 is 10.1 Å². The third-order valence-electron chi connectivity index (χ3n) is 7.68. The monoisotopic (exact) mass is 523 g/mol. The molecule has 200 valence electrons. The van der Waals surface area contributed by atoms with E-state index in [1.165, 1.54) is 5.56 Å². The largest absolute Gasteiger partial charge is 0.494 e. The summed E-state index contributed by atoms with van der Waals surface area (Å²) in [6.45, 7) is 4.47. The summed E-state index contributed by atoms with van der Waals surface area (Å²) in [7, 11) is 0. The van der Waals surface area contributed by atoms with Gasteiger partial charge in [0, 0.05) is 25.8 Å². The maximum atomic E-state index is 13.1. The van der Waals surface area contributed by atoms with E-state index in [0.717, 1.165) is 73.6 Å². The molecule has 8 heteroatoms. The molecule has 0 spiro atoms. The molecule has 1 fully saturated rings. The van der Waals surface area contributed by atoms with E-state index in [-0.39, 0.29) is 17.8 Å². The van der Waals surface area contributed by atoms with Crippen LogP contribution in [-0.2, 0) is 11.2 Å². The zero-order valence-corrected chi connectivity index (χ0v) is 22.2. The Kier molecular flexibility index (Phi) is 7.36. The normalized spacial score (nSPS) is 17.1. The minimum absolute atomic E-state index is 0.103. The van der Waals surface area contributed by atoms with Gasteiger partial charge in [0.2, 0.25) is 5.82 Å². The first kappa shape index (κ1) is 25.2. The van der Waals surface area contributed by atoms with E-state index in [4.69, 9.17) is 9.47 Å². The van der Waals surface area contributed by atoms with Crippen LogP contribution in [0.1, 0.15) is 59.3 Å². The van der Waals surface area contributed by atoms with E-state index < -0.39 is 0 Å². The number of ether oxygens (including phenoxy) is 2. The van der Waals surface area contributed by atoms with Crippen molar-refractivity contribution in [2.24, 2.45) is 5.92 Å². The van der Waals surface area contributed by atoms with Crippen LogP contribution in [0.4, 0.5) is 5.82 Å². The average molecular weight is 524 g/mol. The first-order valence-electron chi connectivity index (χ1n) is 13.7. The molecule has 8 nitrogen and oxygen atoms in total. The van der Waals surface area contributed by atoms with Gasteiger partial charge in [-0.3, -0.25) is 4.79 Å². The predicted molar refractivity (Wildman–Crippen MR) is 149 cm³/mol. The quantitative estimate of drug-likeness (QED) is 0.322. The van der Waals surface area contributed by atoms with Crippen molar-refractivity contribution in [1.29, 1.82) is 0 Å². The van der Waals surface area contributed by atoms with Gasteiger partial charge in [0.15, 0.2) is 0 Å². The molecule has 1 unspecified atom stereocenters. The van der Waals surface area contributed by atoms with Crippen LogP contribution >= 0.6 is 0 Å². The topological polar surface area (TPSA) is 91.2 Å². The molecule has 0 bridgehead atoms. The number of pyridine rings is 1. The third-order valence-corrected chi connectivity index (χ3v) is 7.68. The fraction of sp³-hybridized carbons (Fsp3) is 0.355. The van der Waals surface area contributed by atoms with E-state index in [9.17, 15) is 4.79 Å². The lowest BCUT2D eigenvalue weighted by molar-refractivity contribution is 0.0593. The summed E-state index contributed by atoms with van der Waals surface area (Å²) in [6.07, 6.45) is 6.69. The van der Waals surface area contributed by atoms with E-state index in [1.807, 2.05) is 41.1 Å². The highest BCUT2D eigenvalue weighted by atomic mass is 16.5. The lowest BCUT2D eigenvalue weighted by atomic mass is 9.97. The predicted octanol–water partition coefficient (Wildman–Crippen LogP) is 5.63. The molecule has 0 radical (unpaired) electrons. The lowest BCUT2D eigenvalue weighted by Crippen LogP contribution is -2.17. The Hall–Kier alpha value is -4.04. The second-order valence-corrected chi connectivity index (χ2v) is 10.3. The van der Waals surface area contributed by atoms with Crippen molar-refractivity contribution < 1.29 is 14.3 Å². The molecule has 2 aromatic carbocycles. The molecule has 4 aromatic rings. The molecule has 1 saturated heterocycles. The number of fused-ring (bicyclic) bond motifs is 1. The Morgan fingerprint density at radius 3 is 2.77 bits per heavy atom. The van der Waals surface area contributed by atoms with Crippen LogP contribution in [0, 0.1) is 12.8 Å². The number of carbonyl (C=O) groups is 1. The number of hydrogen-bond acceptors (Lipinski definition) is 6. The third kappa shape index (κ3) is 5.71. The van der Waals surface area contributed by atoms with Gasteiger partial charge in [0.1, 0.15) is 17.4 Å². The Morgan fingerprint density at radius 1 is 1.08 bits per heavy atom. The summed E-state index contributed by atoms with van der Waals surface area (Å²) in [5.41, 5.74) is 4.29. The molecular formula is C31H33N5O3. The summed E-state index contributed by atoms with van der Waals surface area (Å²) >= 11 is 0. The number of hydrogen-bond donors (Lipinski definition) is 1. The van der Waals surface area contributed by atoms with Crippen molar-refractivity contribution in [3.05, 3.63) is 89.6 Å². The minimum Gasteiger partial charge on any atom is -0.494 e. The zero-order valence-electron chi connectivity index (χ0n) is 22.2. The number of aryl methyl sites for hydroxylation is 2. The lowest BCUT2D eigenvalue weighted by Gasteiger charge is -2.22. The van der Waals surface area contributed by atoms with E-state index in [1.54, 1.807) is 6.20 Å². The summed E-state index contributed by atoms with van der Waals surface area (Å²) in [4.78, 5) is 22.0. The first-order chi connectivity index (χ1) is 19.1. The van der Waals surface area contributed by atoms with Gasteiger partial charge in [0.25, 0.3) is 5.91 Å². The highest BCUT2D eigenvalue weighted by molar-refractivity contribution is 6.01. The Morgan fingerprint density at radius 2 is 1.92 bits per heavy atom. The van der Waals surface area contributed by atoms with Gasteiger partial charge in [-0.2, -0.15) is 0 Å². The number of rotatable bonds is 8. The smallest absolute Gasteiger partial charge is 0.296 e. The molecule has 39 heavy (non-hydrogen) atoms. The van der Waals surface area contributed by atoms with Crippen molar-refractivity contribution in [2.75, 3.05) is 25.1 Å². The standard InChI is InChI=1S/C31H33N5O3/c1-21-7-8-25(39-18-14-22-12-16-38-17-13-22)20-26(21)24-11-15-32-28(19-24)33-31(37)30-34-29-10-9-27(36(29)35-30)23-5-3-2-4-6-23/h2-8,11,15,19-20,22,27H,9-10,12-14,16-18H2,1H3,(H,32,33,37). The van der Waals surface area contributed by atoms with Crippen LogP contribution in [0.5, 0.6) is 5.75 Å². The van der Waals surface area contributed by atoms with Crippen LogP contribution in [-0.4, -0.2) is 45.5 Å². The van der Waals surface area contributed by atoms with Crippen molar-refractivity contribution >= 4 is 11.7 Å². The number of amides is 1. The van der Waals surface area contributed by atoms with Gasteiger partial charge in [-0.1, -0.05) is 36.4 Å². The van der Waals surface area contributed by atoms with Gasteiger partial charge in [-0.05, 0) is 85.0 Å².